The normalized spacial score (nSPS) is 10.6. The molecule has 1 N–H and O–H groups in total. The van der Waals surface area contributed by atoms with Crippen molar-refractivity contribution in [2.75, 3.05) is 5.32 Å². The standard InChI is InChI=1S/C26H20Br2ClNO2/c27-24-14-19(15-25(28)26(24)31-17-18-6-8-20(29)9-7-18)16-30-21-10-12-23(13-11-21)32-22-4-2-1-3-5-22/h1-15,30H,16-17H2. The Labute approximate surface area is 209 Å². The van der Waals surface area contributed by atoms with Crippen molar-refractivity contribution in [1.29, 1.82) is 0 Å². The van der Waals surface area contributed by atoms with Crippen molar-refractivity contribution in [3.8, 4) is 17.2 Å². The number of nitrogens with one attached hydrogen (secondary N) is 1. The molecule has 0 aliphatic carbocycles. The third kappa shape index (κ3) is 6.28. The molecule has 0 bridgehead atoms. The van der Waals surface area contributed by atoms with Crippen LogP contribution in [0, 0.1) is 0 Å². The number of para-hydroxylation sites is 1. The Balaban J connectivity index is 1.34. The molecule has 4 aromatic carbocycles. The maximum Gasteiger partial charge on any atom is 0.148 e. The summed E-state index contributed by atoms with van der Waals surface area (Å²) in [6, 6.07) is 29.4. The van der Waals surface area contributed by atoms with Crippen LogP contribution >= 0.6 is 43.5 Å². The molecule has 3 nitrogen and oxygen atoms in total. The molecule has 0 atom stereocenters. The van der Waals surface area contributed by atoms with Crippen molar-refractivity contribution in [3.05, 3.63) is 116 Å². The molecule has 0 amide bonds. The van der Waals surface area contributed by atoms with Gasteiger partial charge in [-0.1, -0.05) is 41.9 Å². The fourth-order valence-corrected chi connectivity index (χ4v) is 4.69. The lowest BCUT2D eigenvalue weighted by atomic mass is 10.2. The second-order valence-corrected chi connectivity index (χ2v) is 9.24. The van der Waals surface area contributed by atoms with Crippen LogP contribution < -0.4 is 14.8 Å². The smallest absolute Gasteiger partial charge is 0.148 e. The van der Waals surface area contributed by atoms with E-state index in [2.05, 4.69) is 49.3 Å². The Morgan fingerprint density at radius 1 is 0.719 bits per heavy atom. The first-order chi connectivity index (χ1) is 15.6. The van der Waals surface area contributed by atoms with Crippen LogP contribution in [0.15, 0.2) is 99.9 Å². The van der Waals surface area contributed by atoms with Gasteiger partial charge in [0.1, 0.15) is 23.9 Å². The summed E-state index contributed by atoms with van der Waals surface area (Å²) < 4.78 is 13.6. The molecule has 0 heterocycles. The van der Waals surface area contributed by atoms with Gasteiger partial charge in [0, 0.05) is 17.3 Å². The Hall–Kier alpha value is -2.47. The number of halogens is 3. The maximum atomic E-state index is 6.00. The number of hydrogen-bond donors (Lipinski definition) is 1. The van der Waals surface area contributed by atoms with Gasteiger partial charge in [0.2, 0.25) is 0 Å². The van der Waals surface area contributed by atoms with Crippen LogP contribution in [0.3, 0.4) is 0 Å². The van der Waals surface area contributed by atoms with Gasteiger partial charge in [0.05, 0.1) is 8.95 Å². The highest BCUT2D eigenvalue weighted by Gasteiger charge is 2.10. The van der Waals surface area contributed by atoms with Crippen molar-refractivity contribution in [2.24, 2.45) is 0 Å². The van der Waals surface area contributed by atoms with Gasteiger partial charge in [0.25, 0.3) is 0 Å². The summed E-state index contributed by atoms with van der Waals surface area (Å²) in [5, 5.41) is 4.15. The lowest BCUT2D eigenvalue weighted by Gasteiger charge is -2.14. The minimum absolute atomic E-state index is 0.462. The zero-order chi connectivity index (χ0) is 22.3. The van der Waals surface area contributed by atoms with Crippen molar-refractivity contribution < 1.29 is 9.47 Å². The van der Waals surface area contributed by atoms with Gasteiger partial charge in [0.15, 0.2) is 0 Å². The van der Waals surface area contributed by atoms with Crippen LogP contribution in [0.5, 0.6) is 17.2 Å². The number of anilines is 1. The monoisotopic (exact) mass is 571 g/mol. The molecule has 0 spiro atoms. The Morgan fingerprint density at radius 2 is 1.34 bits per heavy atom. The predicted octanol–water partition coefficient (Wildman–Crippen LogP) is 8.85. The summed E-state index contributed by atoms with van der Waals surface area (Å²) in [5.74, 6) is 2.39. The van der Waals surface area contributed by atoms with E-state index in [1.807, 2.05) is 78.9 Å². The van der Waals surface area contributed by atoms with E-state index in [-0.39, 0.29) is 0 Å². The van der Waals surface area contributed by atoms with E-state index in [1.165, 1.54) is 0 Å². The third-order valence-corrected chi connectivity index (χ3v) is 6.11. The molecule has 0 saturated carbocycles. The summed E-state index contributed by atoms with van der Waals surface area (Å²) in [4.78, 5) is 0. The molecular weight excluding hydrogens is 554 g/mol. The van der Waals surface area contributed by atoms with E-state index in [9.17, 15) is 0 Å². The van der Waals surface area contributed by atoms with Crippen LogP contribution in [0.4, 0.5) is 5.69 Å². The van der Waals surface area contributed by atoms with Crippen LogP contribution in [0.2, 0.25) is 5.02 Å². The number of ether oxygens (including phenoxy) is 2. The van der Waals surface area contributed by atoms with Crippen molar-refractivity contribution >= 4 is 49.1 Å². The maximum absolute atomic E-state index is 6.00. The molecule has 0 saturated heterocycles. The van der Waals surface area contributed by atoms with E-state index in [0.717, 1.165) is 43.0 Å². The number of rotatable bonds is 8. The zero-order valence-corrected chi connectivity index (χ0v) is 21.0. The van der Waals surface area contributed by atoms with Gasteiger partial charge in [-0.2, -0.15) is 0 Å². The fraction of sp³-hybridized carbons (Fsp3) is 0.0769. The molecule has 0 aromatic heterocycles. The minimum atomic E-state index is 0.462. The molecule has 0 fully saturated rings. The van der Waals surface area contributed by atoms with E-state index in [1.54, 1.807) is 0 Å². The van der Waals surface area contributed by atoms with Crippen molar-refractivity contribution in [2.45, 2.75) is 13.2 Å². The van der Waals surface area contributed by atoms with E-state index < -0.39 is 0 Å². The molecule has 0 radical (unpaired) electrons. The van der Waals surface area contributed by atoms with E-state index >= 15 is 0 Å². The van der Waals surface area contributed by atoms with Crippen LogP contribution in [-0.4, -0.2) is 0 Å². The lowest BCUT2D eigenvalue weighted by molar-refractivity contribution is 0.302. The van der Waals surface area contributed by atoms with Gasteiger partial charge in [-0.15, -0.1) is 0 Å². The summed E-state index contributed by atoms with van der Waals surface area (Å²) in [5.41, 5.74) is 3.19. The number of hydrogen-bond acceptors (Lipinski definition) is 3. The molecular formula is C26H20Br2ClNO2. The van der Waals surface area contributed by atoms with Gasteiger partial charge >= 0.3 is 0 Å². The molecule has 0 aliphatic heterocycles. The molecule has 4 rings (SSSR count). The van der Waals surface area contributed by atoms with Crippen molar-refractivity contribution in [3.63, 3.8) is 0 Å². The molecule has 162 valence electrons. The largest absolute Gasteiger partial charge is 0.487 e. The van der Waals surface area contributed by atoms with Gasteiger partial charge in [-0.3, -0.25) is 0 Å². The molecule has 6 heteroatoms. The minimum Gasteiger partial charge on any atom is -0.487 e. The number of benzene rings is 4. The van der Waals surface area contributed by atoms with Gasteiger partial charge in [-0.05, 0) is 104 Å². The SMILES string of the molecule is Clc1ccc(COc2c(Br)cc(CNc3ccc(Oc4ccccc4)cc3)cc2Br)cc1. The zero-order valence-electron chi connectivity index (χ0n) is 17.0. The molecule has 0 aliphatic rings. The first-order valence-corrected chi connectivity index (χ1v) is 12.0. The Kier molecular flexibility index (Phi) is 7.74. The van der Waals surface area contributed by atoms with Crippen molar-refractivity contribution in [1.82, 2.24) is 0 Å². The highest BCUT2D eigenvalue weighted by Crippen LogP contribution is 2.35. The first-order valence-electron chi connectivity index (χ1n) is 9.99. The van der Waals surface area contributed by atoms with Crippen LogP contribution in [0.1, 0.15) is 11.1 Å². The quantitative estimate of drug-likeness (QED) is 0.228. The van der Waals surface area contributed by atoms with E-state index in [4.69, 9.17) is 21.1 Å². The fourth-order valence-electron chi connectivity index (χ4n) is 3.06. The second-order valence-electron chi connectivity index (χ2n) is 7.10. The van der Waals surface area contributed by atoms with Crippen LogP contribution in [-0.2, 0) is 13.2 Å². The van der Waals surface area contributed by atoms with Gasteiger partial charge < -0.3 is 14.8 Å². The average molecular weight is 574 g/mol. The topological polar surface area (TPSA) is 30.5 Å². The van der Waals surface area contributed by atoms with Gasteiger partial charge in [-0.25, -0.2) is 0 Å². The van der Waals surface area contributed by atoms with Crippen LogP contribution in [0.25, 0.3) is 0 Å². The summed E-state index contributed by atoms with van der Waals surface area (Å²) in [6.07, 6.45) is 0. The average Bonchev–Trinajstić information content (AvgIpc) is 2.80. The highest BCUT2D eigenvalue weighted by atomic mass is 79.9. The summed E-state index contributed by atoms with van der Waals surface area (Å²) >= 11 is 13.2. The Morgan fingerprint density at radius 3 is 2.00 bits per heavy atom. The lowest BCUT2D eigenvalue weighted by Crippen LogP contribution is -2.01. The predicted molar refractivity (Wildman–Crippen MR) is 138 cm³/mol. The summed E-state index contributed by atoms with van der Waals surface area (Å²) in [6.45, 7) is 1.14. The van der Waals surface area contributed by atoms with E-state index in [0.29, 0.717) is 18.2 Å². The highest BCUT2D eigenvalue weighted by molar-refractivity contribution is 9.11. The molecule has 4 aromatic rings. The second kappa shape index (κ2) is 10.9. The molecule has 0 unspecified atom stereocenters. The first kappa shape index (κ1) is 22.7. The summed E-state index contributed by atoms with van der Waals surface area (Å²) in [7, 11) is 0. The third-order valence-electron chi connectivity index (χ3n) is 4.68. The Bertz CT molecular complexity index is 1140. The molecule has 32 heavy (non-hydrogen) atoms.